The predicted octanol–water partition coefficient (Wildman–Crippen LogP) is 4.05. The number of imide groups is 2. The third kappa shape index (κ3) is 3.70. The van der Waals surface area contributed by atoms with Crippen LogP contribution in [0.4, 0.5) is 0 Å². The second kappa shape index (κ2) is 9.60. The number of hydrogen-bond donors (Lipinski definition) is 2. The van der Waals surface area contributed by atoms with E-state index in [2.05, 4.69) is 15.9 Å². The number of carbonyl (C=O) groups excluding carboxylic acids is 4. The summed E-state index contributed by atoms with van der Waals surface area (Å²) in [7, 11) is 0. The molecule has 1 saturated carbocycles. The molecule has 0 aromatic heterocycles. The van der Waals surface area contributed by atoms with E-state index in [1.807, 2.05) is 6.08 Å². The minimum atomic E-state index is -1.90. The van der Waals surface area contributed by atoms with Crippen molar-refractivity contribution in [2.45, 2.75) is 34.9 Å². The number of rotatable bonds is 5. The van der Waals surface area contributed by atoms with Gasteiger partial charge in [0, 0.05) is 12.5 Å². The number of likely N-dealkylation sites (tertiary alicyclic amines) is 2. The first kappa shape index (κ1) is 27.3. The van der Waals surface area contributed by atoms with Crippen LogP contribution in [-0.2, 0) is 25.6 Å². The van der Waals surface area contributed by atoms with E-state index in [0.717, 1.165) is 10.5 Å². The smallest absolute Gasteiger partial charge is 0.254 e. The zero-order valence-corrected chi connectivity index (χ0v) is 24.2. The van der Waals surface area contributed by atoms with Crippen molar-refractivity contribution in [2.75, 3.05) is 12.0 Å². The number of amides is 4. The van der Waals surface area contributed by atoms with Gasteiger partial charge in [-0.1, -0.05) is 51.8 Å². The van der Waals surface area contributed by atoms with Gasteiger partial charge in [0.15, 0.2) is 9.75 Å². The van der Waals surface area contributed by atoms with E-state index >= 15 is 0 Å². The molecular weight excluding hydrogens is 623 g/mol. The number of halogens is 3. The molecule has 0 bridgehead atoms. The number of phenolic OH excluding ortho intramolecular Hbond substituents is 2. The highest BCUT2D eigenvalue weighted by Crippen LogP contribution is 2.65. The molecule has 3 fully saturated rings. The van der Waals surface area contributed by atoms with E-state index in [-0.39, 0.29) is 48.2 Å². The van der Waals surface area contributed by atoms with Gasteiger partial charge in [-0.2, -0.15) is 0 Å². The van der Waals surface area contributed by atoms with Crippen molar-refractivity contribution < 1.29 is 29.4 Å². The highest BCUT2D eigenvalue weighted by molar-refractivity contribution is 9.09. The summed E-state index contributed by atoms with van der Waals surface area (Å²) >= 11 is 17.5. The van der Waals surface area contributed by atoms with Gasteiger partial charge in [0.05, 0.1) is 17.3 Å². The van der Waals surface area contributed by atoms with Crippen LogP contribution in [0.25, 0.3) is 0 Å². The lowest BCUT2D eigenvalue weighted by Gasteiger charge is -2.50. The largest absolute Gasteiger partial charge is 0.508 e. The predicted molar refractivity (Wildman–Crippen MR) is 150 cm³/mol. The number of fused-ring (bicyclic) bond motifs is 4. The molecule has 2 aromatic carbocycles. The monoisotopic (exact) mass is 646 g/mol. The molecule has 2 aliphatic carbocycles. The quantitative estimate of drug-likeness (QED) is 0.219. The normalized spacial score (nSPS) is 33.1. The molecule has 6 rings (SSSR count). The molecular formula is C29H25BrCl2N2O6. The van der Waals surface area contributed by atoms with E-state index in [1.165, 1.54) is 17.0 Å². The average molecular weight is 648 g/mol. The fourth-order valence-corrected chi connectivity index (χ4v) is 8.45. The topological polar surface area (TPSA) is 115 Å². The van der Waals surface area contributed by atoms with Crippen LogP contribution >= 0.6 is 39.1 Å². The summed E-state index contributed by atoms with van der Waals surface area (Å²) in [6.45, 7) is 0.174. The summed E-state index contributed by atoms with van der Waals surface area (Å²) in [5, 5.41) is 19.8. The third-order valence-corrected chi connectivity index (χ3v) is 10.8. The van der Waals surface area contributed by atoms with Crippen molar-refractivity contribution in [1.29, 1.82) is 0 Å². The molecule has 6 unspecified atom stereocenters. The van der Waals surface area contributed by atoms with Crippen LogP contribution in [0.15, 0.2) is 60.2 Å². The summed E-state index contributed by atoms with van der Waals surface area (Å²) < 4.78 is 0. The Hall–Kier alpha value is -2.88. The Morgan fingerprint density at radius 3 is 2.30 bits per heavy atom. The number of phenols is 2. The van der Waals surface area contributed by atoms with E-state index in [9.17, 15) is 29.4 Å². The molecule has 208 valence electrons. The summed E-state index contributed by atoms with van der Waals surface area (Å²) in [4.78, 5) is 53.2. The Balaban J connectivity index is 1.41. The molecule has 4 amide bonds. The van der Waals surface area contributed by atoms with Gasteiger partial charge in [-0.05, 0) is 60.6 Å². The molecule has 11 heteroatoms. The molecule has 4 aliphatic rings. The second-order valence-electron chi connectivity index (χ2n) is 10.8. The standard InChI is InChI=1S/C29H25BrCl2N2O6/c30-14-34-26(39)28(31)13-21-19(23(29(28,32)27(34)40)16-2-1-3-18(36)12-16)8-9-20-22(21)25(38)33(24(20)37)11-10-15-4-6-17(35)7-5-15/h1-8,12,20-23,35-36H,9-11,13-14H2. The Bertz CT molecular complexity index is 1480. The van der Waals surface area contributed by atoms with Crippen LogP contribution in [0.5, 0.6) is 11.5 Å². The summed E-state index contributed by atoms with van der Waals surface area (Å²) in [5.41, 5.74) is 1.94. The van der Waals surface area contributed by atoms with Gasteiger partial charge in [-0.3, -0.25) is 29.0 Å². The molecule has 40 heavy (non-hydrogen) atoms. The Kier molecular flexibility index (Phi) is 6.55. The van der Waals surface area contributed by atoms with E-state index in [1.54, 1.807) is 36.4 Å². The molecule has 2 heterocycles. The molecule has 2 N–H and O–H groups in total. The molecule has 2 aromatic rings. The van der Waals surface area contributed by atoms with Crippen LogP contribution in [0.3, 0.4) is 0 Å². The fraction of sp³-hybridized carbons (Fsp3) is 0.379. The van der Waals surface area contributed by atoms with E-state index in [4.69, 9.17) is 23.2 Å². The molecule has 2 saturated heterocycles. The number of aromatic hydroxyl groups is 2. The minimum absolute atomic E-state index is 0.0454. The number of carbonyl (C=O) groups is 4. The summed E-state index contributed by atoms with van der Waals surface area (Å²) in [5.74, 6) is -4.73. The van der Waals surface area contributed by atoms with E-state index in [0.29, 0.717) is 17.6 Å². The van der Waals surface area contributed by atoms with Crippen molar-refractivity contribution in [2.24, 2.45) is 17.8 Å². The first-order chi connectivity index (χ1) is 19.0. The maximum absolute atomic E-state index is 13.9. The number of allylic oxidation sites excluding steroid dienone is 2. The lowest BCUT2D eigenvalue weighted by molar-refractivity contribution is -0.141. The van der Waals surface area contributed by atoms with Crippen molar-refractivity contribution >= 4 is 62.8 Å². The van der Waals surface area contributed by atoms with Gasteiger partial charge >= 0.3 is 0 Å². The van der Waals surface area contributed by atoms with Crippen molar-refractivity contribution in [3.05, 3.63) is 71.3 Å². The van der Waals surface area contributed by atoms with Gasteiger partial charge in [-0.15, -0.1) is 23.2 Å². The number of nitrogens with zero attached hydrogens (tertiary/aromatic N) is 2. The number of hydrogen-bond acceptors (Lipinski definition) is 6. The third-order valence-electron chi connectivity index (χ3n) is 8.87. The first-order valence-electron chi connectivity index (χ1n) is 12.9. The van der Waals surface area contributed by atoms with Gasteiger partial charge in [0.25, 0.3) is 11.8 Å². The van der Waals surface area contributed by atoms with Crippen LogP contribution in [0, 0.1) is 17.8 Å². The second-order valence-corrected chi connectivity index (χ2v) is 12.6. The van der Waals surface area contributed by atoms with Crippen LogP contribution in [0.1, 0.15) is 29.9 Å². The first-order valence-corrected chi connectivity index (χ1v) is 14.8. The van der Waals surface area contributed by atoms with Crippen molar-refractivity contribution in [1.82, 2.24) is 9.80 Å². The Labute approximate surface area is 248 Å². The maximum atomic E-state index is 13.9. The average Bonchev–Trinajstić information content (AvgIpc) is 3.25. The van der Waals surface area contributed by atoms with Crippen molar-refractivity contribution in [3.8, 4) is 11.5 Å². The number of benzene rings is 2. The molecule has 8 nitrogen and oxygen atoms in total. The minimum Gasteiger partial charge on any atom is -0.508 e. The lowest BCUT2D eigenvalue weighted by Crippen LogP contribution is -2.60. The maximum Gasteiger partial charge on any atom is 0.254 e. The van der Waals surface area contributed by atoms with Crippen LogP contribution in [0.2, 0.25) is 0 Å². The summed E-state index contributed by atoms with van der Waals surface area (Å²) in [6.07, 6.45) is 2.48. The lowest BCUT2D eigenvalue weighted by atomic mass is 9.56. The molecule has 6 atom stereocenters. The SMILES string of the molecule is O=C1C2CC=C3C(CC4(Cl)C(=O)N(CBr)C(=O)C4(Cl)C3c3cccc(O)c3)C2C(=O)N1CCc1ccc(O)cc1. The molecule has 0 spiro atoms. The highest BCUT2D eigenvalue weighted by atomic mass is 79.9. The van der Waals surface area contributed by atoms with Crippen LogP contribution in [-0.4, -0.2) is 65.4 Å². The van der Waals surface area contributed by atoms with Crippen LogP contribution < -0.4 is 0 Å². The molecule has 2 aliphatic heterocycles. The summed E-state index contributed by atoms with van der Waals surface area (Å²) in [6, 6.07) is 12.9. The zero-order valence-electron chi connectivity index (χ0n) is 21.1. The zero-order chi connectivity index (χ0) is 28.6. The highest BCUT2D eigenvalue weighted by Gasteiger charge is 2.76. The molecule has 0 radical (unpaired) electrons. The fourth-order valence-electron chi connectivity index (χ4n) is 7.02. The Morgan fingerprint density at radius 2 is 1.62 bits per heavy atom. The van der Waals surface area contributed by atoms with Gasteiger partial charge < -0.3 is 10.2 Å². The van der Waals surface area contributed by atoms with Gasteiger partial charge in [-0.25, -0.2) is 0 Å². The van der Waals surface area contributed by atoms with E-state index < -0.39 is 45.2 Å². The van der Waals surface area contributed by atoms with Crippen molar-refractivity contribution in [3.63, 3.8) is 0 Å². The Morgan fingerprint density at radius 1 is 0.900 bits per heavy atom. The van der Waals surface area contributed by atoms with Gasteiger partial charge in [0.1, 0.15) is 11.5 Å². The van der Waals surface area contributed by atoms with Gasteiger partial charge in [0.2, 0.25) is 11.8 Å². The number of alkyl halides is 3.